The number of nitrogens with zero attached hydrogens (tertiary/aromatic N) is 1. The summed E-state index contributed by atoms with van der Waals surface area (Å²) in [4.78, 5) is 38.9. The number of fused-ring (bicyclic) bond motifs is 1. The average Bonchev–Trinajstić information content (AvgIpc) is 3.18. The fourth-order valence-electron chi connectivity index (χ4n) is 4.57. The van der Waals surface area contributed by atoms with Crippen LogP contribution in [0.25, 0.3) is 11.1 Å². The van der Waals surface area contributed by atoms with Gasteiger partial charge in [0.1, 0.15) is 11.6 Å². The van der Waals surface area contributed by atoms with Gasteiger partial charge in [-0.3, -0.25) is 14.5 Å². The number of benzene rings is 2. The first kappa shape index (κ1) is 24.7. The highest BCUT2D eigenvalue weighted by molar-refractivity contribution is 5.98. The topological polar surface area (TPSA) is 114 Å². The molecule has 8 heteroatoms. The third kappa shape index (κ3) is 6.00. The first-order chi connectivity index (χ1) is 16.6. The normalized spacial score (nSPS) is 18.5. The van der Waals surface area contributed by atoms with E-state index in [9.17, 15) is 14.4 Å². The second-order valence-electron chi connectivity index (χ2n) is 10.3. The second-order valence-corrected chi connectivity index (χ2v) is 10.3. The van der Waals surface area contributed by atoms with Crippen LogP contribution in [0, 0.1) is 0 Å². The maximum atomic E-state index is 13.0. The van der Waals surface area contributed by atoms with Crippen molar-refractivity contribution in [1.29, 1.82) is 0 Å². The quantitative estimate of drug-likeness (QED) is 0.571. The van der Waals surface area contributed by atoms with Gasteiger partial charge in [0.05, 0.1) is 6.17 Å². The zero-order valence-corrected chi connectivity index (χ0v) is 20.6. The van der Waals surface area contributed by atoms with E-state index in [4.69, 9.17) is 10.5 Å². The maximum absolute atomic E-state index is 13.0. The molecule has 0 aliphatic carbocycles. The van der Waals surface area contributed by atoms with Gasteiger partial charge in [0.2, 0.25) is 5.91 Å². The van der Waals surface area contributed by atoms with Crippen LogP contribution in [-0.2, 0) is 22.5 Å². The van der Waals surface area contributed by atoms with E-state index in [0.29, 0.717) is 25.9 Å². The molecule has 0 saturated carbocycles. The molecule has 4 N–H and O–H groups in total. The molecule has 2 aromatic rings. The Morgan fingerprint density at radius 2 is 1.86 bits per heavy atom. The van der Waals surface area contributed by atoms with Crippen LogP contribution in [0.3, 0.4) is 0 Å². The summed E-state index contributed by atoms with van der Waals surface area (Å²) in [6, 6.07) is 13.3. The van der Waals surface area contributed by atoms with Crippen LogP contribution in [0.15, 0.2) is 42.5 Å². The van der Waals surface area contributed by atoms with E-state index in [1.807, 2.05) is 63.2 Å². The third-order valence-corrected chi connectivity index (χ3v) is 6.29. The Balaban J connectivity index is 1.35. The SMILES string of the molecule is CC(C)(C)OC(=O)N1CCCC[C@H]1C(=O)N[C@H](N)Cc1ccc(-c2ccc3c(c2)CNC3=O)cc1. The molecule has 35 heavy (non-hydrogen) atoms. The van der Waals surface area contributed by atoms with Crippen molar-refractivity contribution in [3.05, 3.63) is 59.2 Å². The van der Waals surface area contributed by atoms with Crippen molar-refractivity contribution in [1.82, 2.24) is 15.5 Å². The lowest BCUT2D eigenvalue weighted by atomic mass is 9.98. The lowest BCUT2D eigenvalue weighted by molar-refractivity contribution is -0.128. The van der Waals surface area contributed by atoms with Gasteiger partial charge in [0.15, 0.2) is 0 Å². The molecule has 186 valence electrons. The van der Waals surface area contributed by atoms with Gasteiger partial charge in [-0.2, -0.15) is 0 Å². The van der Waals surface area contributed by atoms with Gasteiger partial charge >= 0.3 is 6.09 Å². The van der Waals surface area contributed by atoms with Crippen molar-refractivity contribution in [2.75, 3.05) is 6.54 Å². The zero-order valence-electron chi connectivity index (χ0n) is 20.6. The molecule has 0 bridgehead atoms. The van der Waals surface area contributed by atoms with E-state index in [1.54, 1.807) is 0 Å². The highest BCUT2D eigenvalue weighted by atomic mass is 16.6. The van der Waals surface area contributed by atoms with E-state index >= 15 is 0 Å². The highest BCUT2D eigenvalue weighted by Gasteiger charge is 2.35. The summed E-state index contributed by atoms with van der Waals surface area (Å²) in [7, 11) is 0. The Kier molecular flexibility index (Phi) is 7.12. The van der Waals surface area contributed by atoms with E-state index in [-0.39, 0.29) is 11.8 Å². The number of carbonyl (C=O) groups is 3. The summed E-state index contributed by atoms with van der Waals surface area (Å²) in [6.45, 7) is 6.49. The van der Waals surface area contributed by atoms with Gasteiger partial charge in [-0.1, -0.05) is 30.3 Å². The fourth-order valence-corrected chi connectivity index (χ4v) is 4.57. The number of amides is 3. The minimum Gasteiger partial charge on any atom is -0.444 e. The molecule has 0 spiro atoms. The third-order valence-electron chi connectivity index (χ3n) is 6.29. The number of likely N-dealkylation sites (tertiary alicyclic amines) is 1. The van der Waals surface area contributed by atoms with Gasteiger partial charge in [-0.15, -0.1) is 0 Å². The Morgan fingerprint density at radius 3 is 2.57 bits per heavy atom. The summed E-state index contributed by atoms with van der Waals surface area (Å²) in [5.74, 6) is -0.277. The molecule has 3 amide bonds. The summed E-state index contributed by atoms with van der Waals surface area (Å²) < 4.78 is 5.49. The zero-order chi connectivity index (χ0) is 25.2. The van der Waals surface area contributed by atoms with Crippen molar-refractivity contribution >= 4 is 17.9 Å². The molecule has 4 rings (SSSR count). The molecule has 2 aliphatic heterocycles. The summed E-state index contributed by atoms with van der Waals surface area (Å²) in [6.07, 6.45) is 1.74. The lowest BCUT2D eigenvalue weighted by Crippen LogP contribution is -2.56. The Bertz CT molecular complexity index is 1110. The first-order valence-electron chi connectivity index (χ1n) is 12.2. The number of carbonyl (C=O) groups excluding carboxylic acids is 3. The molecule has 0 radical (unpaired) electrons. The molecule has 8 nitrogen and oxygen atoms in total. The van der Waals surface area contributed by atoms with Crippen LogP contribution < -0.4 is 16.4 Å². The van der Waals surface area contributed by atoms with E-state index in [0.717, 1.165) is 40.7 Å². The molecule has 1 fully saturated rings. The summed E-state index contributed by atoms with van der Waals surface area (Å²) in [5.41, 5.74) is 10.5. The molecule has 1 saturated heterocycles. The number of hydrogen-bond acceptors (Lipinski definition) is 5. The van der Waals surface area contributed by atoms with Crippen molar-refractivity contribution in [3.8, 4) is 11.1 Å². The molecule has 0 aromatic heterocycles. The van der Waals surface area contributed by atoms with Crippen LogP contribution >= 0.6 is 0 Å². The lowest BCUT2D eigenvalue weighted by Gasteiger charge is -2.36. The molecule has 2 aliphatic rings. The van der Waals surface area contributed by atoms with Crippen LogP contribution in [0.4, 0.5) is 4.79 Å². The van der Waals surface area contributed by atoms with Gasteiger partial charge < -0.3 is 21.1 Å². The van der Waals surface area contributed by atoms with Gasteiger partial charge in [0, 0.05) is 25.1 Å². The van der Waals surface area contributed by atoms with Crippen molar-refractivity contribution in [2.45, 2.75) is 70.8 Å². The Morgan fingerprint density at radius 1 is 1.14 bits per heavy atom. The van der Waals surface area contributed by atoms with Gasteiger partial charge in [-0.05, 0) is 74.4 Å². The largest absolute Gasteiger partial charge is 0.444 e. The predicted molar refractivity (Wildman–Crippen MR) is 133 cm³/mol. The smallest absolute Gasteiger partial charge is 0.410 e. The van der Waals surface area contributed by atoms with Crippen molar-refractivity contribution in [3.63, 3.8) is 0 Å². The second kappa shape index (κ2) is 10.1. The molecular formula is C27H34N4O4. The summed E-state index contributed by atoms with van der Waals surface area (Å²) in [5, 5.41) is 5.71. The number of nitrogens with two attached hydrogens (primary N) is 1. The van der Waals surface area contributed by atoms with E-state index in [1.165, 1.54) is 4.90 Å². The number of hydrogen-bond donors (Lipinski definition) is 3. The molecule has 2 aromatic carbocycles. The number of rotatable bonds is 5. The monoisotopic (exact) mass is 478 g/mol. The Labute approximate surface area is 206 Å². The molecule has 0 unspecified atom stereocenters. The predicted octanol–water partition coefficient (Wildman–Crippen LogP) is 3.33. The van der Waals surface area contributed by atoms with Crippen LogP contribution in [0.2, 0.25) is 0 Å². The number of piperidine rings is 1. The average molecular weight is 479 g/mol. The number of ether oxygens (including phenoxy) is 1. The number of nitrogens with one attached hydrogen (secondary N) is 2. The maximum Gasteiger partial charge on any atom is 0.410 e. The molecular weight excluding hydrogens is 444 g/mol. The highest BCUT2D eigenvalue weighted by Crippen LogP contribution is 2.26. The molecule has 2 heterocycles. The van der Waals surface area contributed by atoms with Crippen molar-refractivity contribution < 1.29 is 19.1 Å². The van der Waals surface area contributed by atoms with Crippen LogP contribution in [-0.4, -0.2) is 47.2 Å². The van der Waals surface area contributed by atoms with Crippen LogP contribution in [0.1, 0.15) is 61.5 Å². The van der Waals surface area contributed by atoms with Gasteiger partial charge in [-0.25, -0.2) is 4.79 Å². The van der Waals surface area contributed by atoms with E-state index in [2.05, 4.69) is 10.6 Å². The minimum absolute atomic E-state index is 0.0274. The van der Waals surface area contributed by atoms with Crippen LogP contribution in [0.5, 0.6) is 0 Å². The fraction of sp³-hybridized carbons (Fsp3) is 0.444. The first-order valence-corrected chi connectivity index (χ1v) is 12.2. The van der Waals surface area contributed by atoms with Gasteiger partial charge in [0.25, 0.3) is 5.91 Å². The minimum atomic E-state index is -0.619. The van der Waals surface area contributed by atoms with E-state index < -0.39 is 23.9 Å². The van der Waals surface area contributed by atoms with Crippen molar-refractivity contribution in [2.24, 2.45) is 5.73 Å². The summed E-state index contributed by atoms with van der Waals surface area (Å²) >= 11 is 0. The Hall–Kier alpha value is -3.39. The standard InChI is InChI=1S/C27H34N4O4/c1-27(2,3)35-26(34)31-13-5-4-6-22(31)25(33)30-23(28)14-17-7-9-18(10-8-17)19-11-12-21-20(15-19)16-29-24(21)32/h7-12,15,22-23H,4-6,13-14,16,28H2,1-3H3,(H,29,32)(H,30,33)/t22-,23-/m0/s1. The molecule has 2 atom stereocenters.